The van der Waals surface area contributed by atoms with Crippen LogP contribution in [0.2, 0.25) is 5.02 Å². The van der Waals surface area contributed by atoms with Gasteiger partial charge in [-0.3, -0.25) is 0 Å². The van der Waals surface area contributed by atoms with Gasteiger partial charge in [0.05, 0.1) is 0 Å². The molecule has 0 amide bonds. The van der Waals surface area contributed by atoms with Crippen LogP contribution >= 0.6 is 27.5 Å². The summed E-state index contributed by atoms with van der Waals surface area (Å²) in [6, 6.07) is 6.47. The Balaban J connectivity index is 2.33. The number of benzene rings is 1. The third-order valence-corrected chi connectivity index (χ3v) is 3.64. The van der Waals surface area contributed by atoms with Gasteiger partial charge in [-0.15, -0.1) is 0 Å². The summed E-state index contributed by atoms with van der Waals surface area (Å²) in [6.07, 6.45) is 0. The maximum atomic E-state index is 6.19. The van der Waals surface area contributed by atoms with Crippen LogP contribution in [0, 0.1) is 5.41 Å². The second-order valence-electron chi connectivity index (χ2n) is 4.47. The summed E-state index contributed by atoms with van der Waals surface area (Å²) in [6.45, 7) is 5.57. The van der Waals surface area contributed by atoms with Gasteiger partial charge in [-0.2, -0.15) is 0 Å². The molecule has 1 aliphatic rings. The third kappa shape index (κ3) is 1.71. The van der Waals surface area contributed by atoms with Crippen LogP contribution in [0.5, 0.6) is 0 Å². The van der Waals surface area contributed by atoms with Gasteiger partial charge < -0.3 is 5.32 Å². The molecule has 2 rings (SSSR count). The van der Waals surface area contributed by atoms with E-state index in [2.05, 4.69) is 41.2 Å². The average molecular weight is 275 g/mol. The Labute approximate surface area is 98.0 Å². The first-order chi connectivity index (χ1) is 6.50. The predicted molar refractivity (Wildman–Crippen MR) is 63.7 cm³/mol. The van der Waals surface area contributed by atoms with Crippen molar-refractivity contribution in [1.29, 1.82) is 0 Å². The van der Waals surface area contributed by atoms with Crippen LogP contribution in [0.4, 0.5) is 0 Å². The molecule has 1 saturated heterocycles. The van der Waals surface area contributed by atoms with Crippen LogP contribution in [0.25, 0.3) is 0 Å². The second kappa shape index (κ2) is 3.51. The minimum atomic E-state index is 0.317. The van der Waals surface area contributed by atoms with E-state index >= 15 is 0 Å². The van der Waals surface area contributed by atoms with Crippen LogP contribution in [-0.2, 0) is 0 Å². The lowest BCUT2D eigenvalue weighted by Crippen LogP contribution is -2.52. The zero-order chi connectivity index (χ0) is 10.3. The van der Waals surface area contributed by atoms with Crippen molar-refractivity contribution < 1.29 is 0 Å². The summed E-state index contributed by atoms with van der Waals surface area (Å²) in [4.78, 5) is 0. The topological polar surface area (TPSA) is 12.0 Å². The summed E-state index contributed by atoms with van der Waals surface area (Å²) < 4.78 is 1.03. The number of hydrogen-bond acceptors (Lipinski definition) is 1. The van der Waals surface area contributed by atoms with Crippen molar-refractivity contribution in [3.63, 3.8) is 0 Å². The molecule has 1 unspecified atom stereocenters. The summed E-state index contributed by atoms with van der Waals surface area (Å²) in [7, 11) is 0. The first-order valence-electron chi connectivity index (χ1n) is 4.69. The van der Waals surface area contributed by atoms with Gasteiger partial charge in [0, 0.05) is 22.1 Å². The molecule has 0 radical (unpaired) electrons. The summed E-state index contributed by atoms with van der Waals surface area (Å²) >= 11 is 9.60. The maximum Gasteiger partial charge on any atom is 0.0465 e. The molecule has 1 aromatic rings. The fourth-order valence-corrected chi connectivity index (χ4v) is 2.66. The fraction of sp³-hybridized carbons (Fsp3) is 0.455. The molecule has 3 heteroatoms. The van der Waals surface area contributed by atoms with E-state index in [4.69, 9.17) is 11.6 Å². The number of nitrogens with one attached hydrogen (secondary N) is 1. The molecule has 0 spiro atoms. The van der Waals surface area contributed by atoms with E-state index in [0.717, 1.165) is 16.0 Å². The minimum Gasteiger partial charge on any atom is -0.309 e. The molecule has 0 bridgehead atoms. The number of hydrogen-bond donors (Lipinski definition) is 1. The normalized spacial score (nSPS) is 24.4. The van der Waals surface area contributed by atoms with Gasteiger partial charge >= 0.3 is 0 Å². The molecule has 1 atom stereocenters. The van der Waals surface area contributed by atoms with Crippen molar-refractivity contribution in [2.75, 3.05) is 6.54 Å². The average Bonchev–Trinajstić information content (AvgIpc) is 2.08. The monoisotopic (exact) mass is 273 g/mol. The van der Waals surface area contributed by atoms with E-state index in [1.165, 1.54) is 5.56 Å². The van der Waals surface area contributed by atoms with Gasteiger partial charge in [0.25, 0.3) is 0 Å². The molecular weight excluding hydrogens is 261 g/mol. The lowest BCUT2D eigenvalue weighted by molar-refractivity contribution is 0.128. The Morgan fingerprint density at radius 1 is 1.50 bits per heavy atom. The van der Waals surface area contributed by atoms with Gasteiger partial charge in [0.2, 0.25) is 0 Å². The quantitative estimate of drug-likeness (QED) is 0.822. The molecule has 1 N–H and O–H groups in total. The van der Waals surface area contributed by atoms with Gasteiger partial charge in [0.15, 0.2) is 0 Å². The van der Waals surface area contributed by atoms with Crippen LogP contribution in [0.1, 0.15) is 25.5 Å². The first-order valence-corrected chi connectivity index (χ1v) is 5.86. The molecular formula is C11H13BrClN. The van der Waals surface area contributed by atoms with E-state index in [-0.39, 0.29) is 0 Å². The molecule has 1 aliphatic heterocycles. The molecule has 1 nitrogen and oxygen atoms in total. The lowest BCUT2D eigenvalue weighted by Gasteiger charge is -2.46. The Morgan fingerprint density at radius 3 is 2.64 bits per heavy atom. The molecule has 76 valence electrons. The predicted octanol–water partition coefficient (Wildman–Crippen LogP) is 3.77. The molecule has 0 saturated carbocycles. The highest BCUT2D eigenvalue weighted by atomic mass is 79.9. The summed E-state index contributed by atoms with van der Waals surface area (Å²) in [5.41, 5.74) is 1.52. The number of halogens is 2. The zero-order valence-electron chi connectivity index (χ0n) is 8.27. The highest BCUT2D eigenvalue weighted by molar-refractivity contribution is 9.10. The SMILES string of the molecule is CC1(C)CNC1c1ccc(Br)cc1Cl. The fourth-order valence-electron chi connectivity index (χ4n) is 1.88. The smallest absolute Gasteiger partial charge is 0.0465 e. The Hall–Kier alpha value is -0.0500. The van der Waals surface area contributed by atoms with Crippen LogP contribution in [0.15, 0.2) is 22.7 Å². The van der Waals surface area contributed by atoms with Gasteiger partial charge in [-0.25, -0.2) is 0 Å². The standard InChI is InChI=1S/C11H13BrClN/c1-11(2)6-14-10(11)8-4-3-7(12)5-9(8)13/h3-5,10,14H,6H2,1-2H3. The summed E-state index contributed by atoms with van der Waals surface area (Å²) in [5.74, 6) is 0. The van der Waals surface area contributed by atoms with Crippen molar-refractivity contribution in [1.82, 2.24) is 5.32 Å². The lowest BCUT2D eigenvalue weighted by atomic mass is 9.74. The van der Waals surface area contributed by atoms with Crippen molar-refractivity contribution in [3.8, 4) is 0 Å². The summed E-state index contributed by atoms with van der Waals surface area (Å²) in [5, 5.41) is 4.25. The minimum absolute atomic E-state index is 0.317. The Bertz CT molecular complexity index is 362. The maximum absolute atomic E-state index is 6.19. The van der Waals surface area contributed by atoms with Gasteiger partial charge in [0.1, 0.15) is 0 Å². The molecule has 1 fully saturated rings. The van der Waals surface area contributed by atoms with Crippen LogP contribution < -0.4 is 5.32 Å². The van der Waals surface area contributed by atoms with Crippen molar-refractivity contribution in [2.45, 2.75) is 19.9 Å². The third-order valence-electron chi connectivity index (χ3n) is 2.82. The van der Waals surface area contributed by atoms with E-state index < -0.39 is 0 Å². The molecule has 0 aromatic heterocycles. The second-order valence-corrected chi connectivity index (χ2v) is 5.79. The van der Waals surface area contributed by atoms with Crippen LogP contribution in [0.3, 0.4) is 0 Å². The van der Waals surface area contributed by atoms with E-state index in [1.54, 1.807) is 0 Å². The van der Waals surface area contributed by atoms with Gasteiger partial charge in [-0.05, 0) is 23.1 Å². The van der Waals surface area contributed by atoms with Crippen LogP contribution in [-0.4, -0.2) is 6.54 Å². The molecule has 1 aromatic carbocycles. The Kier molecular flexibility index (Phi) is 2.63. The molecule has 1 heterocycles. The largest absolute Gasteiger partial charge is 0.309 e. The van der Waals surface area contributed by atoms with Crippen molar-refractivity contribution >= 4 is 27.5 Å². The number of rotatable bonds is 1. The molecule has 0 aliphatic carbocycles. The van der Waals surface area contributed by atoms with Gasteiger partial charge in [-0.1, -0.05) is 47.4 Å². The van der Waals surface area contributed by atoms with Crippen molar-refractivity contribution in [2.24, 2.45) is 5.41 Å². The highest BCUT2D eigenvalue weighted by Gasteiger charge is 2.39. The van der Waals surface area contributed by atoms with Crippen molar-refractivity contribution in [3.05, 3.63) is 33.3 Å². The Morgan fingerprint density at radius 2 is 2.21 bits per heavy atom. The van der Waals surface area contributed by atoms with E-state index in [1.807, 2.05) is 12.1 Å². The van der Waals surface area contributed by atoms with E-state index in [0.29, 0.717) is 11.5 Å². The first kappa shape index (κ1) is 10.5. The molecule has 14 heavy (non-hydrogen) atoms. The zero-order valence-corrected chi connectivity index (χ0v) is 10.6. The highest BCUT2D eigenvalue weighted by Crippen LogP contribution is 2.42. The van der Waals surface area contributed by atoms with E-state index in [9.17, 15) is 0 Å².